The lowest BCUT2D eigenvalue weighted by Crippen LogP contribution is -2.47. The van der Waals surface area contributed by atoms with E-state index in [1.807, 2.05) is 0 Å². The molecular weight excluding hydrogens is 306 g/mol. The van der Waals surface area contributed by atoms with Crippen LogP contribution in [0.15, 0.2) is 42.5 Å². The molecule has 6 rings (SSSR count). The summed E-state index contributed by atoms with van der Waals surface area (Å²) in [5.41, 5.74) is 6.25. The lowest BCUT2D eigenvalue weighted by Gasteiger charge is -2.45. The predicted molar refractivity (Wildman–Crippen MR) is 101 cm³/mol. The van der Waals surface area contributed by atoms with Crippen molar-refractivity contribution in [3.8, 4) is 5.75 Å². The van der Waals surface area contributed by atoms with Gasteiger partial charge in [0, 0.05) is 18.6 Å². The molecule has 1 fully saturated rings. The van der Waals surface area contributed by atoms with Gasteiger partial charge >= 0.3 is 0 Å². The van der Waals surface area contributed by atoms with Crippen molar-refractivity contribution in [3.05, 3.63) is 64.7 Å². The molecule has 2 heterocycles. The fraction of sp³-hybridized carbons (Fsp3) is 0.478. The van der Waals surface area contributed by atoms with Crippen LogP contribution in [0.4, 0.5) is 0 Å². The number of rotatable bonds is 2. The smallest absolute Gasteiger partial charge is 0.119 e. The monoisotopic (exact) mass is 333 g/mol. The van der Waals surface area contributed by atoms with Gasteiger partial charge in [0.2, 0.25) is 0 Å². The highest BCUT2D eigenvalue weighted by Gasteiger charge is 2.38. The fourth-order valence-electron chi connectivity index (χ4n) is 5.45. The molecule has 2 aromatic carbocycles. The van der Waals surface area contributed by atoms with Crippen molar-refractivity contribution in [2.75, 3.05) is 13.7 Å². The second kappa shape index (κ2) is 6.17. The molecule has 2 nitrogen and oxygen atoms in total. The van der Waals surface area contributed by atoms with E-state index in [1.165, 1.54) is 56.2 Å². The largest absolute Gasteiger partial charge is 0.497 e. The van der Waals surface area contributed by atoms with E-state index in [0.29, 0.717) is 12.1 Å². The van der Waals surface area contributed by atoms with E-state index in [0.717, 1.165) is 11.7 Å². The van der Waals surface area contributed by atoms with Gasteiger partial charge < -0.3 is 4.74 Å². The van der Waals surface area contributed by atoms with Crippen molar-refractivity contribution >= 4 is 0 Å². The Bertz CT molecular complexity index is 783. The zero-order valence-corrected chi connectivity index (χ0v) is 15.1. The number of ether oxygens (including phenoxy) is 1. The van der Waals surface area contributed by atoms with Crippen LogP contribution in [-0.2, 0) is 19.3 Å². The first-order chi connectivity index (χ1) is 12.3. The third kappa shape index (κ3) is 2.67. The van der Waals surface area contributed by atoms with E-state index in [2.05, 4.69) is 47.4 Å². The Morgan fingerprint density at radius 2 is 1.76 bits per heavy atom. The van der Waals surface area contributed by atoms with Crippen LogP contribution in [0.5, 0.6) is 5.75 Å². The van der Waals surface area contributed by atoms with Gasteiger partial charge in [-0.15, -0.1) is 0 Å². The molecule has 2 heteroatoms. The fourth-order valence-corrected chi connectivity index (χ4v) is 5.45. The van der Waals surface area contributed by atoms with Crippen LogP contribution in [0.3, 0.4) is 0 Å². The van der Waals surface area contributed by atoms with Gasteiger partial charge in [-0.25, -0.2) is 0 Å². The molecule has 1 saturated heterocycles. The van der Waals surface area contributed by atoms with E-state index in [1.54, 1.807) is 18.2 Å². The Morgan fingerprint density at radius 3 is 2.60 bits per heavy atom. The standard InChI is InChI=1S/C23H27NO/c1-25-21-10-7-17-8-11-23(22(17)14-21)24-15-16-6-9-20(24)13-19-5-3-2-4-18(19)12-16/h2-5,7,10,14,16,20,23H,6,8-9,11-13,15H2,1H3/t16-,20+,23+/m0/s1. The van der Waals surface area contributed by atoms with E-state index >= 15 is 0 Å². The van der Waals surface area contributed by atoms with Crippen molar-refractivity contribution in [1.29, 1.82) is 0 Å². The first kappa shape index (κ1) is 15.5. The average Bonchev–Trinajstić information content (AvgIpc) is 3.04. The minimum absolute atomic E-state index is 0.586. The molecule has 0 saturated carbocycles. The number of methoxy groups -OCH3 is 1. The van der Waals surface area contributed by atoms with Crippen LogP contribution in [0, 0.1) is 5.92 Å². The number of aryl methyl sites for hydroxylation is 1. The molecule has 2 bridgehead atoms. The zero-order chi connectivity index (χ0) is 16.8. The van der Waals surface area contributed by atoms with Crippen molar-refractivity contribution in [2.45, 2.75) is 50.6 Å². The molecule has 130 valence electrons. The summed E-state index contributed by atoms with van der Waals surface area (Å²) in [6.45, 7) is 1.26. The topological polar surface area (TPSA) is 12.5 Å². The third-order valence-corrected chi connectivity index (χ3v) is 6.73. The summed E-state index contributed by atoms with van der Waals surface area (Å²) < 4.78 is 5.51. The second-order valence-corrected chi connectivity index (χ2v) is 8.09. The van der Waals surface area contributed by atoms with E-state index < -0.39 is 0 Å². The maximum Gasteiger partial charge on any atom is 0.119 e. The summed E-state index contributed by atoms with van der Waals surface area (Å²) in [5, 5.41) is 0. The Labute approximate surface area is 150 Å². The van der Waals surface area contributed by atoms with Crippen LogP contribution >= 0.6 is 0 Å². The SMILES string of the molecule is COc1ccc2c(c1)[C@H](N1C[C@H]3CC[C@@H]1Cc1ccccc1C3)CC2. The number of hydrogen-bond donors (Lipinski definition) is 0. The second-order valence-electron chi connectivity index (χ2n) is 8.09. The molecule has 3 atom stereocenters. The van der Waals surface area contributed by atoms with Gasteiger partial charge in [0.1, 0.15) is 5.75 Å². The summed E-state index contributed by atoms with van der Waals surface area (Å²) in [7, 11) is 1.78. The minimum atomic E-state index is 0.586. The molecule has 2 aliphatic heterocycles. The highest BCUT2D eigenvalue weighted by atomic mass is 16.5. The van der Waals surface area contributed by atoms with Gasteiger partial charge in [-0.05, 0) is 78.8 Å². The Morgan fingerprint density at radius 1 is 0.920 bits per heavy atom. The van der Waals surface area contributed by atoms with Gasteiger partial charge in [0.25, 0.3) is 0 Å². The van der Waals surface area contributed by atoms with Gasteiger partial charge in [-0.2, -0.15) is 0 Å². The molecule has 0 unspecified atom stereocenters. The van der Waals surface area contributed by atoms with Crippen LogP contribution in [0.25, 0.3) is 0 Å². The summed E-state index contributed by atoms with van der Waals surface area (Å²) in [6, 6.07) is 17.1. The van der Waals surface area contributed by atoms with Crippen LogP contribution < -0.4 is 4.74 Å². The Hall–Kier alpha value is -1.80. The maximum atomic E-state index is 5.51. The number of nitrogens with zero attached hydrogens (tertiary/aromatic N) is 1. The first-order valence-electron chi connectivity index (χ1n) is 9.81. The van der Waals surface area contributed by atoms with Crippen molar-refractivity contribution in [2.24, 2.45) is 5.92 Å². The average molecular weight is 333 g/mol. The molecule has 2 aromatic rings. The van der Waals surface area contributed by atoms with Gasteiger partial charge in [-0.1, -0.05) is 30.3 Å². The van der Waals surface area contributed by atoms with E-state index in [4.69, 9.17) is 4.74 Å². The predicted octanol–water partition coefficient (Wildman–Crippen LogP) is 4.56. The maximum absolute atomic E-state index is 5.51. The molecule has 2 aliphatic carbocycles. The molecule has 0 N–H and O–H groups in total. The van der Waals surface area contributed by atoms with Crippen molar-refractivity contribution in [1.82, 2.24) is 4.90 Å². The molecule has 25 heavy (non-hydrogen) atoms. The molecular formula is C23H27NO. The molecule has 4 aliphatic rings. The molecule has 0 amide bonds. The number of fused-ring (bicyclic) bond motifs is 3. The van der Waals surface area contributed by atoms with Gasteiger partial charge in [0.15, 0.2) is 0 Å². The Balaban J connectivity index is 1.49. The highest BCUT2D eigenvalue weighted by Crippen LogP contribution is 2.43. The Kier molecular flexibility index (Phi) is 3.82. The number of benzene rings is 2. The molecule has 0 radical (unpaired) electrons. The van der Waals surface area contributed by atoms with Crippen LogP contribution in [0.1, 0.15) is 47.6 Å². The lowest BCUT2D eigenvalue weighted by molar-refractivity contribution is 0.0573. The summed E-state index contributed by atoms with van der Waals surface area (Å²) in [4.78, 5) is 2.86. The normalized spacial score (nSPS) is 28.1. The van der Waals surface area contributed by atoms with E-state index in [9.17, 15) is 0 Å². The minimum Gasteiger partial charge on any atom is -0.497 e. The van der Waals surface area contributed by atoms with Gasteiger partial charge in [0.05, 0.1) is 7.11 Å². The molecule has 0 spiro atoms. The molecule has 0 aromatic heterocycles. The number of hydrogen-bond acceptors (Lipinski definition) is 2. The zero-order valence-electron chi connectivity index (χ0n) is 15.1. The lowest BCUT2D eigenvalue weighted by atomic mass is 9.79. The van der Waals surface area contributed by atoms with E-state index in [-0.39, 0.29) is 0 Å². The van der Waals surface area contributed by atoms with Crippen LogP contribution in [0.2, 0.25) is 0 Å². The third-order valence-electron chi connectivity index (χ3n) is 6.73. The first-order valence-corrected chi connectivity index (χ1v) is 9.81. The summed E-state index contributed by atoms with van der Waals surface area (Å²) in [6.07, 6.45) is 7.72. The van der Waals surface area contributed by atoms with Crippen LogP contribution in [-0.4, -0.2) is 24.6 Å². The highest BCUT2D eigenvalue weighted by molar-refractivity contribution is 5.41. The van der Waals surface area contributed by atoms with Crippen molar-refractivity contribution < 1.29 is 4.74 Å². The summed E-state index contributed by atoms with van der Waals surface area (Å²) in [5.74, 6) is 1.82. The van der Waals surface area contributed by atoms with Crippen molar-refractivity contribution in [3.63, 3.8) is 0 Å². The van der Waals surface area contributed by atoms with Gasteiger partial charge in [-0.3, -0.25) is 4.90 Å². The quantitative estimate of drug-likeness (QED) is 0.799. The number of piperidine rings is 1. The summed E-state index contributed by atoms with van der Waals surface area (Å²) >= 11 is 0.